The minimum absolute atomic E-state index is 0.0244. The summed E-state index contributed by atoms with van der Waals surface area (Å²) in [5.74, 6) is 0.995. The fraction of sp³-hybridized carbons (Fsp3) is 0.467. The third kappa shape index (κ3) is 2.23. The Morgan fingerprint density at radius 3 is 2.58 bits per heavy atom. The van der Waals surface area contributed by atoms with Gasteiger partial charge in [0.2, 0.25) is 0 Å². The summed E-state index contributed by atoms with van der Waals surface area (Å²) >= 11 is 0. The molecule has 4 heteroatoms. The number of methoxy groups -OCH3 is 2. The number of carbonyl (C=O) groups excluding carboxylic acids is 2. The van der Waals surface area contributed by atoms with Crippen LogP contribution in [0.15, 0.2) is 6.07 Å². The molecule has 1 aliphatic rings. The first-order chi connectivity index (χ1) is 9.13. The number of carbonyl (C=O) groups is 2. The molecule has 0 unspecified atom stereocenters. The van der Waals surface area contributed by atoms with Crippen LogP contribution < -0.4 is 9.47 Å². The minimum Gasteiger partial charge on any atom is -0.493 e. The van der Waals surface area contributed by atoms with E-state index < -0.39 is 0 Å². The van der Waals surface area contributed by atoms with Crippen LogP contribution in [0.4, 0.5) is 0 Å². The van der Waals surface area contributed by atoms with Crippen molar-refractivity contribution in [3.63, 3.8) is 0 Å². The number of Topliss-reactive ketones (excluding diaryl/α,β-unsaturated/α-hetero) is 2. The maximum atomic E-state index is 12.2. The third-order valence-electron chi connectivity index (χ3n) is 3.44. The predicted octanol–water partition coefficient (Wildman–Crippen LogP) is 2.82. The first kappa shape index (κ1) is 13.6. The lowest BCUT2D eigenvalue weighted by Crippen LogP contribution is -2.07. The Morgan fingerprint density at radius 1 is 1.26 bits per heavy atom. The van der Waals surface area contributed by atoms with Gasteiger partial charge in [-0.2, -0.15) is 0 Å². The molecule has 1 aromatic carbocycles. The average Bonchev–Trinajstić information content (AvgIpc) is 2.79. The second kappa shape index (κ2) is 5.43. The van der Waals surface area contributed by atoms with E-state index in [9.17, 15) is 9.59 Å². The summed E-state index contributed by atoms with van der Waals surface area (Å²) in [6.07, 6.45) is 2.32. The fourth-order valence-corrected chi connectivity index (χ4v) is 2.56. The number of rotatable bonds is 5. The zero-order valence-corrected chi connectivity index (χ0v) is 11.5. The Bertz CT molecular complexity index is 531. The Balaban J connectivity index is 2.64. The van der Waals surface area contributed by atoms with E-state index >= 15 is 0 Å². The number of fused-ring (bicyclic) bond motifs is 1. The standard InChI is InChI=1S/C15H18O4/c1-4-5-11(16)10-8-13(18-2)15(19-3)14-9(10)6-7-12(14)17/h8H,4-7H2,1-3H3. The quantitative estimate of drug-likeness (QED) is 0.766. The van der Waals surface area contributed by atoms with Crippen LogP contribution in [0.3, 0.4) is 0 Å². The minimum atomic E-state index is 0.0244. The van der Waals surface area contributed by atoms with E-state index in [2.05, 4.69) is 0 Å². The van der Waals surface area contributed by atoms with Crippen LogP contribution in [-0.4, -0.2) is 25.8 Å². The molecule has 102 valence electrons. The molecule has 0 heterocycles. The van der Waals surface area contributed by atoms with Gasteiger partial charge < -0.3 is 9.47 Å². The van der Waals surface area contributed by atoms with Gasteiger partial charge in [0.05, 0.1) is 19.8 Å². The molecule has 0 bridgehead atoms. The molecular weight excluding hydrogens is 244 g/mol. The molecule has 19 heavy (non-hydrogen) atoms. The highest BCUT2D eigenvalue weighted by molar-refractivity contribution is 6.09. The molecule has 0 aromatic heterocycles. The molecule has 0 saturated heterocycles. The Kier molecular flexibility index (Phi) is 3.88. The lowest BCUT2D eigenvalue weighted by atomic mass is 9.96. The average molecular weight is 262 g/mol. The van der Waals surface area contributed by atoms with Gasteiger partial charge in [-0.25, -0.2) is 0 Å². The van der Waals surface area contributed by atoms with E-state index in [-0.39, 0.29) is 11.6 Å². The number of hydrogen-bond acceptors (Lipinski definition) is 4. The summed E-state index contributed by atoms with van der Waals surface area (Å²) in [5, 5.41) is 0. The molecule has 0 saturated carbocycles. The van der Waals surface area contributed by atoms with Crippen molar-refractivity contribution in [1.29, 1.82) is 0 Å². The van der Waals surface area contributed by atoms with E-state index in [1.54, 1.807) is 6.07 Å². The number of ketones is 2. The normalized spacial score (nSPS) is 13.3. The van der Waals surface area contributed by atoms with Gasteiger partial charge in [-0.15, -0.1) is 0 Å². The second-order valence-corrected chi connectivity index (χ2v) is 4.61. The molecule has 0 spiro atoms. The molecule has 0 fully saturated rings. The highest BCUT2D eigenvalue weighted by Gasteiger charge is 2.31. The lowest BCUT2D eigenvalue weighted by Gasteiger charge is -2.14. The van der Waals surface area contributed by atoms with Crippen molar-refractivity contribution in [1.82, 2.24) is 0 Å². The van der Waals surface area contributed by atoms with E-state index in [1.807, 2.05) is 6.92 Å². The number of ether oxygens (including phenoxy) is 2. The summed E-state index contributed by atoms with van der Waals surface area (Å²) in [4.78, 5) is 24.2. The third-order valence-corrected chi connectivity index (χ3v) is 3.44. The van der Waals surface area contributed by atoms with Gasteiger partial charge in [0.1, 0.15) is 0 Å². The summed E-state index contributed by atoms with van der Waals surface area (Å²) in [6, 6.07) is 1.70. The molecule has 0 N–H and O–H groups in total. The second-order valence-electron chi connectivity index (χ2n) is 4.61. The molecule has 4 nitrogen and oxygen atoms in total. The van der Waals surface area contributed by atoms with Crippen molar-refractivity contribution in [3.8, 4) is 11.5 Å². The lowest BCUT2D eigenvalue weighted by molar-refractivity contribution is 0.0978. The van der Waals surface area contributed by atoms with Crippen molar-refractivity contribution in [2.75, 3.05) is 14.2 Å². The van der Waals surface area contributed by atoms with Crippen molar-refractivity contribution >= 4 is 11.6 Å². The first-order valence-electron chi connectivity index (χ1n) is 6.48. The number of benzene rings is 1. The molecule has 2 rings (SSSR count). The van der Waals surface area contributed by atoms with Crippen LogP contribution in [-0.2, 0) is 6.42 Å². The van der Waals surface area contributed by atoms with Crippen LogP contribution in [0.5, 0.6) is 11.5 Å². The van der Waals surface area contributed by atoms with Crippen molar-refractivity contribution < 1.29 is 19.1 Å². The summed E-state index contributed by atoms with van der Waals surface area (Å²) in [7, 11) is 3.02. The topological polar surface area (TPSA) is 52.6 Å². The largest absolute Gasteiger partial charge is 0.493 e. The first-order valence-corrected chi connectivity index (χ1v) is 6.48. The fourth-order valence-electron chi connectivity index (χ4n) is 2.56. The van der Waals surface area contributed by atoms with Gasteiger partial charge in [0, 0.05) is 18.4 Å². The monoisotopic (exact) mass is 262 g/mol. The maximum absolute atomic E-state index is 12.2. The highest BCUT2D eigenvalue weighted by atomic mass is 16.5. The molecule has 0 aliphatic heterocycles. The van der Waals surface area contributed by atoms with Gasteiger partial charge in [-0.1, -0.05) is 6.92 Å². The number of hydrogen-bond donors (Lipinski definition) is 0. The van der Waals surface area contributed by atoms with Crippen LogP contribution in [0.2, 0.25) is 0 Å². The van der Waals surface area contributed by atoms with E-state index in [1.165, 1.54) is 14.2 Å². The Hall–Kier alpha value is -1.84. The van der Waals surface area contributed by atoms with Gasteiger partial charge in [-0.3, -0.25) is 9.59 Å². The van der Waals surface area contributed by atoms with E-state index in [0.29, 0.717) is 41.9 Å². The molecule has 0 amide bonds. The van der Waals surface area contributed by atoms with Crippen LogP contribution in [0.1, 0.15) is 52.5 Å². The van der Waals surface area contributed by atoms with Crippen molar-refractivity contribution in [2.24, 2.45) is 0 Å². The van der Waals surface area contributed by atoms with E-state index in [4.69, 9.17) is 9.47 Å². The van der Waals surface area contributed by atoms with E-state index in [0.717, 1.165) is 12.0 Å². The molecule has 1 aliphatic carbocycles. The SMILES string of the molecule is CCCC(=O)c1cc(OC)c(OC)c2c1CCC2=O. The zero-order valence-electron chi connectivity index (χ0n) is 11.5. The molecule has 0 atom stereocenters. The summed E-state index contributed by atoms with van der Waals surface area (Å²) in [6.45, 7) is 1.96. The van der Waals surface area contributed by atoms with Crippen molar-refractivity contribution in [2.45, 2.75) is 32.6 Å². The smallest absolute Gasteiger partial charge is 0.171 e. The van der Waals surface area contributed by atoms with Gasteiger partial charge in [0.25, 0.3) is 0 Å². The van der Waals surface area contributed by atoms with Gasteiger partial charge in [0.15, 0.2) is 23.1 Å². The molecular formula is C15H18O4. The predicted molar refractivity (Wildman–Crippen MR) is 71.4 cm³/mol. The Morgan fingerprint density at radius 2 is 2.00 bits per heavy atom. The summed E-state index contributed by atoms with van der Waals surface area (Å²) in [5.41, 5.74) is 1.96. The van der Waals surface area contributed by atoms with Crippen molar-refractivity contribution in [3.05, 3.63) is 22.8 Å². The summed E-state index contributed by atoms with van der Waals surface area (Å²) < 4.78 is 10.5. The molecule has 0 radical (unpaired) electrons. The van der Waals surface area contributed by atoms with Crippen LogP contribution in [0, 0.1) is 0 Å². The maximum Gasteiger partial charge on any atom is 0.171 e. The Labute approximate surface area is 112 Å². The highest BCUT2D eigenvalue weighted by Crippen LogP contribution is 2.40. The zero-order chi connectivity index (χ0) is 14.0. The van der Waals surface area contributed by atoms with Gasteiger partial charge in [-0.05, 0) is 24.5 Å². The van der Waals surface area contributed by atoms with Crippen LogP contribution in [0.25, 0.3) is 0 Å². The van der Waals surface area contributed by atoms with Crippen LogP contribution >= 0.6 is 0 Å². The molecule has 1 aromatic rings. The van der Waals surface area contributed by atoms with Gasteiger partial charge >= 0.3 is 0 Å².